The van der Waals surface area contributed by atoms with Gasteiger partial charge in [-0.3, -0.25) is 14.8 Å². The number of aromatic amines is 1. The van der Waals surface area contributed by atoms with E-state index in [1.54, 1.807) is 6.20 Å². The molecular formula is C28H31N5O3. The molecule has 3 amide bonds. The molecule has 1 aromatic heterocycles. The van der Waals surface area contributed by atoms with Crippen molar-refractivity contribution >= 4 is 17.6 Å². The first-order valence-corrected chi connectivity index (χ1v) is 12.8. The molecule has 8 heteroatoms. The smallest absolute Gasteiger partial charge is 0.325 e. The van der Waals surface area contributed by atoms with E-state index in [4.69, 9.17) is 4.74 Å². The summed E-state index contributed by atoms with van der Waals surface area (Å²) in [4.78, 5) is 30.4. The SMILES string of the molecule is O=C(NC1CCC1)c1cccc(CN2C(=O)N(c3ccc(-c4cn[nH]c4)cc3)CC23CCOCC3)c1. The van der Waals surface area contributed by atoms with Crippen LogP contribution in [0.1, 0.15) is 48.0 Å². The summed E-state index contributed by atoms with van der Waals surface area (Å²) in [6, 6.07) is 16.0. The van der Waals surface area contributed by atoms with E-state index in [0.717, 1.165) is 48.1 Å². The Hall–Kier alpha value is -3.65. The lowest BCUT2D eigenvalue weighted by molar-refractivity contribution is 0.00611. The van der Waals surface area contributed by atoms with E-state index >= 15 is 0 Å². The maximum atomic E-state index is 13.8. The molecule has 3 heterocycles. The fraction of sp³-hybridized carbons (Fsp3) is 0.393. The highest BCUT2D eigenvalue weighted by atomic mass is 16.5. The zero-order valence-electron chi connectivity index (χ0n) is 20.3. The second-order valence-electron chi connectivity index (χ2n) is 10.1. The lowest BCUT2D eigenvalue weighted by Gasteiger charge is -2.40. The van der Waals surface area contributed by atoms with Crippen LogP contribution in [0.2, 0.25) is 0 Å². The number of anilines is 1. The number of H-pyrrole nitrogens is 1. The minimum absolute atomic E-state index is 0.00252. The monoisotopic (exact) mass is 485 g/mol. The number of aromatic nitrogens is 2. The van der Waals surface area contributed by atoms with Gasteiger partial charge in [-0.05, 0) is 67.5 Å². The molecule has 1 aliphatic carbocycles. The topological polar surface area (TPSA) is 90.6 Å². The van der Waals surface area contributed by atoms with Gasteiger partial charge in [0.25, 0.3) is 5.91 Å². The minimum Gasteiger partial charge on any atom is -0.381 e. The average molecular weight is 486 g/mol. The molecule has 8 nitrogen and oxygen atoms in total. The first kappa shape index (κ1) is 22.8. The van der Waals surface area contributed by atoms with E-state index in [2.05, 4.69) is 15.5 Å². The van der Waals surface area contributed by atoms with Gasteiger partial charge >= 0.3 is 6.03 Å². The molecule has 2 N–H and O–H groups in total. The van der Waals surface area contributed by atoms with Crippen molar-refractivity contribution in [2.75, 3.05) is 24.7 Å². The van der Waals surface area contributed by atoms with Crippen LogP contribution in [0.25, 0.3) is 11.1 Å². The summed E-state index contributed by atoms with van der Waals surface area (Å²) in [7, 11) is 0. The highest BCUT2D eigenvalue weighted by Gasteiger charge is 2.50. The van der Waals surface area contributed by atoms with Crippen LogP contribution < -0.4 is 10.2 Å². The Balaban J connectivity index is 1.24. The van der Waals surface area contributed by atoms with E-state index in [1.807, 2.05) is 64.5 Å². The molecule has 3 aromatic rings. The van der Waals surface area contributed by atoms with Crippen molar-refractivity contribution in [2.45, 2.75) is 50.2 Å². The molecule has 36 heavy (non-hydrogen) atoms. The second kappa shape index (κ2) is 9.43. The normalized spacial score (nSPS) is 19.5. The Bertz CT molecular complexity index is 1230. The van der Waals surface area contributed by atoms with Crippen molar-refractivity contribution in [1.82, 2.24) is 20.4 Å². The average Bonchev–Trinajstić information content (AvgIpc) is 3.51. The number of urea groups is 1. The number of hydrogen-bond acceptors (Lipinski definition) is 4. The first-order valence-electron chi connectivity index (χ1n) is 12.8. The number of ether oxygens (including phenoxy) is 1. The van der Waals surface area contributed by atoms with Crippen LogP contribution in [-0.2, 0) is 11.3 Å². The van der Waals surface area contributed by atoms with Gasteiger partial charge in [0.15, 0.2) is 0 Å². The molecular weight excluding hydrogens is 454 g/mol. The van der Waals surface area contributed by atoms with E-state index in [9.17, 15) is 9.59 Å². The summed E-state index contributed by atoms with van der Waals surface area (Å²) in [5, 5.41) is 9.98. The van der Waals surface area contributed by atoms with Gasteiger partial charge in [-0.15, -0.1) is 0 Å². The van der Waals surface area contributed by atoms with Gasteiger partial charge in [0.1, 0.15) is 0 Å². The van der Waals surface area contributed by atoms with Gasteiger partial charge in [0.2, 0.25) is 0 Å². The van der Waals surface area contributed by atoms with Gasteiger partial charge in [0, 0.05) is 48.8 Å². The molecule has 0 atom stereocenters. The quantitative estimate of drug-likeness (QED) is 0.543. The van der Waals surface area contributed by atoms with Crippen molar-refractivity contribution in [3.8, 4) is 11.1 Å². The number of carbonyl (C=O) groups is 2. The van der Waals surface area contributed by atoms with Crippen molar-refractivity contribution in [1.29, 1.82) is 0 Å². The number of hydrogen-bond donors (Lipinski definition) is 2. The Morgan fingerprint density at radius 2 is 1.92 bits per heavy atom. The summed E-state index contributed by atoms with van der Waals surface area (Å²) < 4.78 is 5.67. The minimum atomic E-state index is -0.289. The summed E-state index contributed by atoms with van der Waals surface area (Å²) >= 11 is 0. The van der Waals surface area contributed by atoms with E-state index in [0.29, 0.717) is 37.9 Å². The second-order valence-corrected chi connectivity index (χ2v) is 10.1. The number of nitrogens with one attached hydrogen (secondary N) is 2. The molecule has 2 saturated heterocycles. The largest absolute Gasteiger partial charge is 0.381 e. The number of nitrogens with zero attached hydrogens (tertiary/aromatic N) is 3. The van der Waals surface area contributed by atoms with Crippen molar-refractivity contribution in [3.05, 3.63) is 72.1 Å². The Kier molecular flexibility index (Phi) is 5.97. The van der Waals surface area contributed by atoms with Gasteiger partial charge in [-0.1, -0.05) is 24.3 Å². The predicted octanol–water partition coefficient (Wildman–Crippen LogP) is 4.35. The van der Waals surface area contributed by atoms with Crippen LogP contribution in [0.5, 0.6) is 0 Å². The van der Waals surface area contributed by atoms with Crippen molar-refractivity contribution in [3.63, 3.8) is 0 Å². The third-order valence-corrected chi connectivity index (χ3v) is 7.89. The van der Waals surface area contributed by atoms with Gasteiger partial charge < -0.3 is 15.0 Å². The van der Waals surface area contributed by atoms with E-state index in [1.165, 1.54) is 6.42 Å². The van der Waals surface area contributed by atoms with Crippen molar-refractivity contribution < 1.29 is 14.3 Å². The van der Waals surface area contributed by atoms with Crippen LogP contribution in [0.4, 0.5) is 10.5 Å². The first-order chi connectivity index (χ1) is 17.6. The van der Waals surface area contributed by atoms with E-state index < -0.39 is 0 Å². The van der Waals surface area contributed by atoms with Crippen LogP contribution in [0.15, 0.2) is 60.9 Å². The maximum Gasteiger partial charge on any atom is 0.325 e. The molecule has 3 fully saturated rings. The maximum absolute atomic E-state index is 13.8. The molecule has 2 aliphatic heterocycles. The number of rotatable bonds is 6. The molecule has 6 rings (SSSR count). The third kappa shape index (κ3) is 4.26. The molecule has 3 aliphatic rings. The highest BCUT2D eigenvalue weighted by molar-refractivity contribution is 5.96. The zero-order valence-corrected chi connectivity index (χ0v) is 20.3. The molecule has 1 saturated carbocycles. The number of amides is 3. The fourth-order valence-electron chi connectivity index (χ4n) is 5.47. The summed E-state index contributed by atoms with van der Waals surface area (Å²) in [5.41, 5.74) is 4.27. The summed E-state index contributed by atoms with van der Waals surface area (Å²) in [6.07, 6.45) is 8.52. The Morgan fingerprint density at radius 3 is 2.61 bits per heavy atom. The van der Waals surface area contributed by atoms with Crippen LogP contribution >= 0.6 is 0 Å². The highest BCUT2D eigenvalue weighted by Crippen LogP contribution is 2.39. The molecule has 186 valence electrons. The van der Waals surface area contributed by atoms with Crippen LogP contribution in [-0.4, -0.2) is 58.4 Å². The molecule has 2 aromatic carbocycles. The molecule has 0 radical (unpaired) electrons. The predicted molar refractivity (Wildman–Crippen MR) is 137 cm³/mol. The summed E-state index contributed by atoms with van der Waals surface area (Å²) in [5.74, 6) is -0.0329. The lowest BCUT2D eigenvalue weighted by Crippen LogP contribution is -2.50. The summed E-state index contributed by atoms with van der Waals surface area (Å²) in [6.45, 7) is 2.37. The van der Waals surface area contributed by atoms with Crippen molar-refractivity contribution in [2.24, 2.45) is 0 Å². The Labute approximate surface area is 210 Å². The third-order valence-electron chi connectivity index (χ3n) is 7.89. The fourth-order valence-corrected chi connectivity index (χ4v) is 5.47. The van der Waals surface area contributed by atoms with Gasteiger partial charge in [-0.25, -0.2) is 4.79 Å². The Morgan fingerprint density at radius 1 is 1.11 bits per heavy atom. The van der Waals surface area contributed by atoms with Gasteiger partial charge in [-0.2, -0.15) is 5.10 Å². The lowest BCUT2D eigenvalue weighted by atomic mass is 9.88. The molecule has 0 unspecified atom stereocenters. The van der Waals surface area contributed by atoms with Crippen LogP contribution in [0.3, 0.4) is 0 Å². The van der Waals surface area contributed by atoms with Crippen LogP contribution in [0, 0.1) is 0 Å². The zero-order chi connectivity index (χ0) is 24.5. The molecule has 0 bridgehead atoms. The standard InChI is InChI=1S/C28H31N5O3/c34-26(31-24-5-2-6-24)22-4-1-3-20(15-22)18-33-27(35)32(19-28(33)11-13-36-14-12-28)25-9-7-21(8-10-25)23-16-29-30-17-23/h1,3-4,7-10,15-17,24H,2,5-6,11-14,18-19H2,(H,29,30)(H,31,34). The number of carbonyl (C=O) groups excluding carboxylic acids is 2. The van der Waals surface area contributed by atoms with Gasteiger partial charge in [0.05, 0.1) is 18.3 Å². The molecule has 1 spiro atoms. The van der Waals surface area contributed by atoms with E-state index in [-0.39, 0.29) is 17.5 Å². The number of benzene rings is 2.